The zero-order valence-electron chi connectivity index (χ0n) is 10.6. The molecule has 1 aromatic carbocycles. The van der Waals surface area contributed by atoms with Gasteiger partial charge in [0, 0.05) is 11.5 Å². The van der Waals surface area contributed by atoms with Crippen LogP contribution in [0, 0.1) is 18.8 Å². The molecular weight excluding hydrogens is 228 g/mol. The lowest BCUT2D eigenvalue weighted by Crippen LogP contribution is -2.32. The maximum Gasteiger partial charge on any atom is 0.307 e. The van der Waals surface area contributed by atoms with Crippen LogP contribution in [0.3, 0.4) is 0 Å². The number of benzene rings is 1. The summed E-state index contributed by atoms with van der Waals surface area (Å²) in [6.07, 6.45) is 3.18. The van der Waals surface area contributed by atoms with E-state index in [0.717, 1.165) is 18.4 Å². The first-order chi connectivity index (χ1) is 8.59. The van der Waals surface area contributed by atoms with Crippen molar-refractivity contribution in [2.24, 2.45) is 11.8 Å². The number of carboxylic acids is 1. The SMILES string of the molecule is Cc1ccc(C(=O)[C@@H]2CCCC[C@@H]2C(=O)O)cc1. The molecule has 0 heterocycles. The van der Waals surface area contributed by atoms with Gasteiger partial charge in [-0.05, 0) is 19.8 Å². The summed E-state index contributed by atoms with van der Waals surface area (Å²) >= 11 is 0. The number of carbonyl (C=O) groups is 2. The molecule has 0 amide bonds. The van der Waals surface area contributed by atoms with Crippen LogP contribution in [0.5, 0.6) is 0 Å². The third-order valence-corrected chi connectivity index (χ3v) is 3.76. The van der Waals surface area contributed by atoms with Crippen LogP contribution in [-0.4, -0.2) is 16.9 Å². The summed E-state index contributed by atoms with van der Waals surface area (Å²) in [5, 5.41) is 9.20. The highest BCUT2D eigenvalue weighted by Crippen LogP contribution is 2.32. The van der Waals surface area contributed by atoms with Gasteiger partial charge in [-0.1, -0.05) is 42.7 Å². The van der Waals surface area contributed by atoms with E-state index < -0.39 is 11.9 Å². The number of hydrogen-bond donors (Lipinski definition) is 1. The molecule has 0 saturated heterocycles. The molecule has 3 nitrogen and oxygen atoms in total. The van der Waals surface area contributed by atoms with E-state index in [0.29, 0.717) is 18.4 Å². The van der Waals surface area contributed by atoms with Crippen LogP contribution in [0.2, 0.25) is 0 Å². The van der Waals surface area contributed by atoms with Gasteiger partial charge in [-0.2, -0.15) is 0 Å². The molecule has 0 spiro atoms. The fourth-order valence-corrected chi connectivity index (χ4v) is 2.67. The van der Waals surface area contributed by atoms with Crippen molar-refractivity contribution in [1.82, 2.24) is 0 Å². The zero-order valence-corrected chi connectivity index (χ0v) is 10.6. The van der Waals surface area contributed by atoms with Gasteiger partial charge in [0.1, 0.15) is 0 Å². The Balaban J connectivity index is 2.20. The Morgan fingerprint density at radius 3 is 2.17 bits per heavy atom. The lowest BCUT2D eigenvalue weighted by Gasteiger charge is -2.27. The van der Waals surface area contributed by atoms with Crippen molar-refractivity contribution in [3.8, 4) is 0 Å². The molecule has 3 heteroatoms. The second-order valence-electron chi connectivity index (χ2n) is 5.07. The van der Waals surface area contributed by atoms with Crippen molar-refractivity contribution in [2.45, 2.75) is 32.6 Å². The van der Waals surface area contributed by atoms with E-state index in [2.05, 4.69) is 0 Å². The van der Waals surface area contributed by atoms with Gasteiger partial charge in [-0.15, -0.1) is 0 Å². The van der Waals surface area contributed by atoms with Crippen LogP contribution in [0.25, 0.3) is 0 Å². The van der Waals surface area contributed by atoms with Crippen LogP contribution in [0.1, 0.15) is 41.6 Å². The highest BCUT2D eigenvalue weighted by Gasteiger charge is 2.35. The van der Waals surface area contributed by atoms with Crippen LogP contribution < -0.4 is 0 Å². The molecule has 1 fully saturated rings. The predicted octanol–water partition coefficient (Wildman–Crippen LogP) is 3.07. The summed E-state index contributed by atoms with van der Waals surface area (Å²) in [5.74, 6) is -1.70. The Hall–Kier alpha value is -1.64. The molecule has 2 atom stereocenters. The molecule has 0 bridgehead atoms. The summed E-state index contributed by atoms with van der Waals surface area (Å²) in [5.41, 5.74) is 1.74. The summed E-state index contributed by atoms with van der Waals surface area (Å²) in [6.45, 7) is 1.97. The number of hydrogen-bond acceptors (Lipinski definition) is 2. The fraction of sp³-hybridized carbons (Fsp3) is 0.467. The monoisotopic (exact) mass is 246 g/mol. The van der Waals surface area contributed by atoms with E-state index in [4.69, 9.17) is 0 Å². The van der Waals surface area contributed by atoms with Gasteiger partial charge in [0.15, 0.2) is 5.78 Å². The largest absolute Gasteiger partial charge is 0.481 e. The van der Waals surface area contributed by atoms with Crippen molar-refractivity contribution >= 4 is 11.8 Å². The first-order valence-electron chi connectivity index (χ1n) is 6.43. The summed E-state index contributed by atoms with van der Waals surface area (Å²) in [6, 6.07) is 7.38. The second kappa shape index (κ2) is 5.34. The van der Waals surface area contributed by atoms with Gasteiger partial charge in [0.05, 0.1) is 5.92 Å². The summed E-state index contributed by atoms with van der Waals surface area (Å²) in [4.78, 5) is 23.6. The zero-order chi connectivity index (χ0) is 13.1. The smallest absolute Gasteiger partial charge is 0.307 e. The maximum absolute atomic E-state index is 12.4. The van der Waals surface area contributed by atoms with Gasteiger partial charge in [0.2, 0.25) is 0 Å². The topological polar surface area (TPSA) is 54.4 Å². The Kier molecular flexibility index (Phi) is 3.80. The fourth-order valence-electron chi connectivity index (χ4n) is 2.67. The number of rotatable bonds is 3. The second-order valence-corrected chi connectivity index (χ2v) is 5.07. The molecule has 1 aliphatic rings. The molecular formula is C15H18O3. The summed E-state index contributed by atoms with van der Waals surface area (Å²) in [7, 11) is 0. The lowest BCUT2D eigenvalue weighted by molar-refractivity contribution is -0.144. The molecule has 1 N–H and O–H groups in total. The van der Waals surface area contributed by atoms with Crippen LogP contribution in [0.15, 0.2) is 24.3 Å². The molecule has 0 unspecified atom stereocenters. The van der Waals surface area contributed by atoms with E-state index in [1.165, 1.54) is 0 Å². The molecule has 0 aromatic heterocycles. The number of carbonyl (C=O) groups excluding carboxylic acids is 1. The van der Waals surface area contributed by atoms with Gasteiger partial charge in [-0.25, -0.2) is 0 Å². The first-order valence-corrected chi connectivity index (χ1v) is 6.43. The quantitative estimate of drug-likeness (QED) is 0.834. The predicted molar refractivity (Wildman–Crippen MR) is 68.6 cm³/mol. The van der Waals surface area contributed by atoms with E-state index in [1.54, 1.807) is 12.1 Å². The van der Waals surface area contributed by atoms with E-state index in [9.17, 15) is 14.7 Å². The highest BCUT2D eigenvalue weighted by molar-refractivity contribution is 6.00. The molecule has 2 rings (SSSR count). The molecule has 1 saturated carbocycles. The van der Waals surface area contributed by atoms with Gasteiger partial charge < -0.3 is 5.11 Å². The molecule has 0 aliphatic heterocycles. The molecule has 1 aromatic rings. The molecule has 96 valence electrons. The van der Waals surface area contributed by atoms with Gasteiger partial charge in [0.25, 0.3) is 0 Å². The minimum atomic E-state index is -0.833. The highest BCUT2D eigenvalue weighted by atomic mass is 16.4. The van der Waals surface area contributed by atoms with Gasteiger partial charge >= 0.3 is 5.97 Å². The third kappa shape index (κ3) is 2.61. The normalized spacial score (nSPS) is 23.6. The Labute approximate surface area is 107 Å². The van der Waals surface area contributed by atoms with E-state index in [-0.39, 0.29) is 11.7 Å². The minimum absolute atomic E-state index is 0.0119. The third-order valence-electron chi connectivity index (χ3n) is 3.76. The average molecular weight is 246 g/mol. The number of ketones is 1. The van der Waals surface area contributed by atoms with E-state index in [1.807, 2.05) is 19.1 Å². The van der Waals surface area contributed by atoms with Crippen molar-refractivity contribution in [3.63, 3.8) is 0 Å². The molecule has 18 heavy (non-hydrogen) atoms. The first kappa shape index (κ1) is 12.8. The van der Waals surface area contributed by atoms with Crippen LogP contribution >= 0.6 is 0 Å². The Morgan fingerprint density at radius 2 is 1.61 bits per heavy atom. The maximum atomic E-state index is 12.4. The molecule has 1 aliphatic carbocycles. The minimum Gasteiger partial charge on any atom is -0.481 e. The average Bonchev–Trinajstić information content (AvgIpc) is 2.39. The standard InChI is InChI=1S/C15H18O3/c1-10-6-8-11(9-7-10)14(16)12-4-2-3-5-13(12)15(17)18/h6-9,12-13H,2-5H2,1H3,(H,17,18)/t12-,13+/m1/s1. The number of Topliss-reactive ketones (excluding diaryl/α,β-unsaturated/α-hetero) is 1. The van der Waals surface area contributed by atoms with Crippen LogP contribution in [-0.2, 0) is 4.79 Å². The van der Waals surface area contributed by atoms with Crippen molar-refractivity contribution in [3.05, 3.63) is 35.4 Å². The summed E-state index contributed by atoms with van der Waals surface area (Å²) < 4.78 is 0. The van der Waals surface area contributed by atoms with Crippen molar-refractivity contribution in [2.75, 3.05) is 0 Å². The van der Waals surface area contributed by atoms with Crippen molar-refractivity contribution in [1.29, 1.82) is 0 Å². The Bertz CT molecular complexity index is 447. The Morgan fingerprint density at radius 1 is 1.06 bits per heavy atom. The number of carboxylic acid groups (broad SMARTS) is 1. The molecule has 0 radical (unpaired) electrons. The lowest BCUT2D eigenvalue weighted by atomic mass is 9.75. The van der Waals surface area contributed by atoms with Crippen molar-refractivity contribution < 1.29 is 14.7 Å². The van der Waals surface area contributed by atoms with E-state index >= 15 is 0 Å². The number of aliphatic carboxylic acids is 1. The van der Waals surface area contributed by atoms with Gasteiger partial charge in [-0.3, -0.25) is 9.59 Å². The number of aryl methyl sites for hydroxylation is 1. The van der Waals surface area contributed by atoms with Crippen LogP contribution in [0.4, 0.5) is 0 Å².